The molecule has 1 aromatic rings. The third-order valence-corrected chi connectivity index (χ3v) is 3.15. The van der Waals surface area contributed by atoms with Crippen molar-refractivity contribution >= 4 is 5.91 Å². The third kappa shape index (κ3) is 1.92. The van der Waals surface area contributed by atoms with Gasteiger partial charge in [0.2, 0.25) is 5.91 Å². The van der Waals surface area contributed by atoms with Crippen LogP contribution in [0.4, 0.5) is 0 Å². The summed E-state index contributed by atoms with van der Waals surface area (Å²) in [5.41, 5.74) is 0. The van der Waals surface area contributed by atoms with Crippen LogP contribution in [-0.2, 0) is 18.4 Å². The van der Waals surface area contributed by atoms with E-state index >= 15 is 0 Å². The summed E-state index contributed by atoms with van der Waals surface area (Å²) in [5, 5.41) is 11.0. The fourth-order valence-electron chi connectivity index (χ4n) is 1.82. The van der Waals surface area contributed by atoms with Gasteiger partial charge in [-0.15, -0.1) is 10.2 Å². The minimum Gasteiger partial charge on any atom is -0.353 e. The first-order valence-corrected chi connectivity index (χ1v) is 5.46. The fourth-order valence-corrected chi connectivity index (χ4v) is 1.82. The molecule has 0 bridgehead atoms. The molecule has 1 unspecified atom stereocenters. The highest BCUT2D eigenvalue weighted by atomic mass is 16.2. The summed E-state index contributed by atoms with van der Waals surface area (Å²) in [6.45, 7) is 6.07. The largest absolute Gasteiger partial charge is 0.353 e. The van der Waals surface area contributed by atoms with Crippen molar-refractivity contribution in [3.63, 3.8) is 0 Å². The van der Waals surface area contributed by atoms with Crippen LogP contribution < -0.4 is 5.32 Å². The average molecular weight is 223 g/mol. The first-order valence-electron chi connectivity index (χ1n) is 5.46. The maximum absolute atomic E-state index is 11.5. The van der Waals surface area contributed by atoms with Crippen LogP contribution in [0.5, 0.6) is 0 Å². The second-order valence-corrected chi connectivity index (χ2v) is 4.16. The van der Waals surface area contributed by atoms with E-state index in [1.165, 1.54) is 0 Å². The summed E-state index contributed by atoms with van der Waals surface area (Å²) in [6, 6.07) is -0.0919. The minimum absolute atomic E-state index is 0.0881. The van der Waals surface area contributed by atoms with E-state index in [0.717, 1.165) is 18.2 Å². The SMILES string of the molecule is Cc1nnc(CN2CCNC(=O)C2C)n1C. The first kappa shape index (κ1) is 11.1. The number of nitrogens with one attached hydrogen (secondary N) is 1. The molecule has 1 aliphatic rings. The number of hydrogen-bond acceptors (Lipinski definition) is 4. The number of hydrogen-bond donors (Lipinski definition) is 1. The van der Waals surface area contributed by atoms with Gasteiger partial charge in [0.1, 0.15) is 11.6 Å². The molecule has 0 saturated carbocycles. The molecule has 1 atom stereocenters. The Bertz CT molecular complexity index is 400. The van der Waals surface area contributed by atoms with Crippen LogP contribution in [0, 0.1) is 6.92 Å². The molecule has 1 amide bonds. The molecule has 1 aliphatic heterocycles. The smallest absolute Gasteiger partial charge is 0.237 e. The zero-order valence-corrected chi connectivity index (χ0v) is 9.90. The number of amides is 1. The Morgan fingerprint density at radius 1 is 1.50 bits per heavy atom. The monoisotopic (exact) mass is 223 g/mol. The van der Waals surface area contributed by atoms with Gasteiger partial charge in [0.25, 0.3) is 0 Å². The number of aromatic nitrogens is 3. The Hall–Kier alpha value is -1.43. The lowest BCUT2D eigenvalue weighted by atomic mass is 10.2. The maximum Gasteiger partial charge on any atom is 0.237 e. The second kappa shape index (κ2) is 4.21. The van der Waals surface area contributed by atoms with Crippen molar-refractivity contribution in [3.05, 3.63) is 11.6 Å². The lowest BCUT2D eigenvalue weighted by Crippen LogP contribution is -2.53. The van der Waals surface area contributed by atoms with E-state index in [-0.39, 0.29) is 11.9 Å². The van der Waals surface area contributed by atoms with Crippen molar-refractivity contribution in [2.24, 2.45) is 7.05 Å². The number of rotatable bonds is 2. The summed E-state index contributed by atoms with van der Waals surface area (Å²) >= 11 is 0. The topological polar surface area (TPSA) is 63.1 Å². The number of carbonyl (C=O) groups is 1. The van der Waals surface area contributed by atoms with Crippen molar-refractivity contribution in [1.29, 1.82) is 0 Å². The Morgan fingerprint density at radius 2 is 2.25 bits per heavy atom. The Balaban J connectivity index is 2.09. The normalized spacial score (nSPS) is 22.2. The van der Waals surface area contributed by atoms with Gasteiger partial charge in [0.15, 0.2) is 0 Å². The van der Waals surface area contributed by atoms with Gasteiger partial charge in [-0.3, -0.25) is 9.69 Å². The van der Waals surface area contributed by atoms with Gasteiger partial charge in [-0.25, -0.2) is 0 Å². The number of nitrogens with zero attached hydrogens (tertiary/aromatic N) is 4. The van der Waals surface area contributed by atoms with E-state index in [9.17, 15) is 4.79 Å². The summed E-state index contributed by atoms with van der Waals surface area (Å²) in [7, 11) is 1.94. The van der Waals surface area contributed by atoms with E-state index in [1.54, 1.807) is 0 Å². The van der Waals surface area contributed by atoms with E-state index in [2.05, 4.69) is 20.4 Å². The van der Waals surface area contributed by atoms with Crippen molar-refractivity contribution in [3.8, 4) is 0 Å². The average Bonchev–Trinajstić information content (AvgIpc) is 2.57. The Morgan fingerprint density at radius 3 is 2.88 bits per heavy atom. The van der Waals surface area contributed by atoms with Crippen molar-refractivity contribution in [2.45, 2.75) is 26.4 Å². The lowest BCUT2D eigenvalue weighted by molar-refractivity contribution is -0.128. The molecule has 2 rings (SSSR count). The summed E-state index contributed by atoms with van der Waals surface area (Å²) < 4.78 is 1.96. The zero-order valence-electron chi connectivity index (χ0n) is 9.90. The maximum atomic E-state index is 11.5. The summed E-state index contributed by atoms with van der Waals surface area (Å²) in [4.78, 5) is 13.6. The lowest BCUT2D eigenvalue weighted by Gasteiger charge is -2.32. The Labute approximate surface area is 94.6 Å². The molecule has 1 fully saturated rings. The molecule has 16 heavy (non-hydrogen) atoms. The van der Waals surface area contributed by atoms with E-state index in [0.29, 0.717) is 13.1 Å². The molecular weight excluding hydrogens is 206 g/mol. The third-order valence-electron chi connectivity index (χ3n) is 3.15. The molecule has 2 heterocycles. The standard InChI is InChI=1S/C10H17N5O/c1-7-10(16)11-4-5-15(7)6-9-13-12-8(2)14(9)3/h7H,4-6H2,1-3H3,(H,11,16). The molecule has 0 radical (unpaired) electrons. The highest BCUT2D eigenvalue weighted by Gasteiger charge is 2.26. The minimum atomic E-state index is -0.0919. The summed E-state index contributed by atoms with van der Waals surface area (Å²) in [6.07, 6.45) is 0. The highest BCUT2D eigenvalue weighted by Crippen LogP contribution is 2.09. The molecule has 6 heteroatoms. The van der Waals surface area contributed by atoms with Crippen LogP contribution in [0.1, 0.15) is 18.6 Å². The molecule has 6 nitrogen and oxygen atoms in total. The van der Waals surface area contributed by atoms with Gasteiger partial charge in [-0.2, -0.15) is 0 Å². The van der Waals surface area contributed by atoms with E-state index < -0.39 is 0 Å². The predicted molar refractivity (Wildman–Crippen MR) is 58.6 cm³/mol. The van der Waals surface area contributed by atoms with Gasteiger partial charge in [0.05, 0.1) is 12.6 Å². The number of piperazine rings is 1. The molecule has 1 saturated heterocycles. The van der Waals surface area contributed by atoms with Crippen LogP contribution in [0.2, 0.25) is 0 Å². The van der Waals surface area contributed by atoms with Crippen LogP contribution in [0.15, 0.2) is 0 Å². The molecule has 0 aliphatic carbocycles. The van der Waals surface area contributed by atoms with Gasteiger partial charge in [-0.05, 0) is 13.8 Å². The molecular formula is C10H17N5O. The van der Waals surface area contributed by atoms with E-state index in [1.807, 2.05) is 25.5 Å². The number of aryl methyl sites for hydroxylation is 1. The summed E-state index contributed by atoms with van der Waals surface area (Å²) in [5.74, 6) is 1.88. The first-order chi connectivity index (χ1) is 7.59. The van der Waals surface area contributed by atoms with Gasteiger partial charge in [-0.1, -0.05) is 0 Å². The van der Waals surface area contributed by atoms with Crippen LogP contribution in [0.3, 0.4) is 0 Å². The predicted octanol–water partition coefficient (Wildman–Crippen LogP) is -0.556. The van der Waals surface area contributed by atoms with Crippen molar-refractivity contribution in [1.82, 2.24) is 25.0 Å². The van der Waals surface area contributed by atoms with Crippen LogP contribution in [0.25, 0.3) is 0 Å². The molecule has 1 N–H and O–H groups in total. The molecule has 1 aromatic heterocycles. The van der Waals surface area contributed by atoms with E-state index in [4.69, 9.17) is 0 Å². The fraction of sp³-hybridized carbons (Fsp3) is 0.700. The second-order valence-electron chi connectivity index (χ2n) is 4.16. The van der Waals surface area contributed by atoms with Crippen LogP contribution >= 0.6 is 0 Å². The van der Waals surface area contributed by atoms with Gasteiger partial charge in [0, 0.05) is 20.1 Å². The van der Waals surface area contributed by atoms with Crippen LogP contribution in [-0.4, -0.2) is 44.7 Å². The molecule has 0 aromatic carbocycles. The highest BCUT2D eigenvalue weighted by molar-refractivity contribution is 5.81. The Kier molecular flexibility index (Phi) is 2.91. The quantitative estimate of drug-likeness (QED) is 0.730. The van der Waals surface area contributed by atoms with Crippen molar-refractivity contribution in [2.75, 3.05) is 13.1 Å². The van der Waals surface area contributed by atoms with Gasteiger partial charge < -0.3 is 9.88 Å². The zero-order chi connectivity index (χ0) is 11.7. The molecule has 0 spiro atoms. The van der Waals surface area contributed by atoms with Gasteiger partial charge >= 0.3 is 0 Å². The van der Waals surface area contributed by atoms with Crippen molar-refractivity contribution < 1.29 is 4.79 Å². The molecule has 88 valence electrons. The number of carbonyl (C=O) groups excluding carboxylic acids is 1.